The molecule has 0 unspecified atom stereocenters. The first kappa shape index (κ1) is 11.9. The third-order valence-electron chi connectivity index (χ3n) is 2.25. The molecule has 0 fully saturated rings. The average Bonchev–Trinajstić information content (AvgIpc) is 2.79. The van der Waals surface area contributed by atoms with Crippen LogP contribution in [0, 0.1) is 5.82 Å². The highest BCUT2D eigenvalue weighted by Gasteiger charge is 2.03. The minimum Gasteiger partial charge on any atom is -0.368 e. The second-order valence-corrected chi connectivity index (χ2v) is 4.00. The van der Waals surface area contributed by atoms with Crippen LogP contribution in [0.5, 0.6) is 0 Å². The number of imidazole rings is 1. The van der Waals surface area contributed by atoms with E-state index in [9.17, 15) is 4.39 Å². The molecule has 4 nitrogen and oxygen atoms in total. The van der Waals surface area contributed by atoms with Crippen molar-refractivity contribution in [1.29, 1.82) is 0 Å². The van der Waals surface area contributed by atoms with Crippen LogP contribution >= 0.6 is 11.6 Å². The highest BCUT2D eigenvalue weighted by Crippen LogP contribution is 2.15. The molecular formula is C11H12ClFN4. The zero-order chi connectivity index (χ0) is 12.1. The minimum atomic E-state index is -0.430. The number of aryl methyl sites for hydroxylation is 1. The summed E-state index contributed by atoms with van der Waals surface area (Å²) in [6.45, 7) is 1.48. The topological polar surface area (TPSA) is 42.7 Å². The highest BCUT2D eigenvalue weighted by atomic mass is 35.5. The molecule has 2 aromatic heterocycles. The summed E-state index contributed by atoms with van der Waals surface area (Å²) in [5.41, 5.74) is 0. The fourth-order valence-corrected chi connectivity index (χ4v) is 1.58. The molecule has 0 amide bonds. The summed E-state index contributed by atoms with van der Waals surface area (Å²) in [6.07, 6.45) is 7.65. The van der Waals surface area contributed by atoms with Crippen molar-refractivity contribution >= 4 is 17.4 Å². The van der Waals surface area contributed by atoms with E-state index in [2.05, 4.69) is 15.3 Å². The summed E-state index contributed by atoms with van der Waals surface area (Å²) in [5.74, 6) is -0.194. The summed E-state index contributed by atoms with van der Waals surface area (Å²) in [7, 11) is 0. The van der Waals surface area contributed by atoms with Gasteiger partial charge in [0, 0.05) is 31.7 Å². The molecule has 6 heteroatoms. The molecule has 2 aromatic rings. The van der Waals surface area contributed by atoms with Gasteiger partial charge in [0.15, 0.2) is 11.6 Å². The van der Waals surface area contributed by atoms with Crippen molar-refractivity contribution in [2.45, 2.75) is 13.0 Å². The smallest absolute Gasteiger partial charge is 0.166 e. The molecule has 90 valence electrons. The fraction of sp³-hybridized carbons (Fsp3) is 0.273. The standard InChI is InChI=1S/C11H12ClFN4/c12-9-6-10(13)11(16-7-9)15-2-1-4-17-5-3-14-8-17/h3,5-8H,1-2,4H2,(H,15,16). The second-order valence-electron chi connectivity index (χ2n) is 3.56. The van der Waals surface area contributed by atoms with E-state index in [1.165, 1.54) is 12.3 Å². The Hall–Kier alpha value is -1.62. The number of nitrogens with one attached hydrogen (secondary N) is 1. The van der Waals surface area contributed by atoms with E-state index >= 15 is 0 Å². The summed E-state index contributed by atoms with van der Waals surface area (Å²) in [5, 5.41) is 3.22. The third kappa shape index (κ3) is 3.42. The Bertz CT molecular complexity index is 472. The van der Waals surface area contributed by atoms with E-state index in [1.807, 2.05) is 10.8 Å². The number of rotatable bonds is 5. The van der Waals surface area contributed by atoms with E-state index in [-0.39, 0.29) is 5.82 Å². The molecule has 0 saturated heterocycles. The molecule has 0 radical (unpaired) electrons. The van der Waals surface area contributed by atoms with E-state index < -0.39 is 5.82 Å². The van der Waals surface area contributed by atoms with Gasteiger partial charge in [-0.15, -0.1) is 0 Å². The predicted molar refractivity (Wildman–Crippen MR) is 64.5 cm³/mol. The van der Waals surface area contributed by atoms with Crippen molar-refractivity contribution in [3.63, 3.8) is 0 Å². The maximum atomic E-state index is 13.3. The Morgan fingerprint density at radius 1 is 1.47 bits per heavy atom. The molecule has 17 heavy (non-hydrogen) atoms. The quantitative estimate of drug-likeness (QED) is 0.834. The minimum absolute atomic E-state index is 0.236. The molecule has 1 N–H and O–H groups in total. The molecule has 0 atom stereocenters. The van der Waals surface area contributed by atoms with Crippen LogP contribution < -0.4 is 5.32 Å². The number of pyridine rings is 1. The van der Waals surface area contributed by atoms with Crippen LogP contribution in [0.2, 0.25) is 5.02 Å². The summed E-state index contributed by atoms with van der Waals surface area (Å²) in [6, 6.07) is 1.24. The van der Waals surface area contributed by atoms with Crippen LogP contribution in [0.3, 0.4) is 0 Å². The van der Waals surface area contributed by atoms with Crippen LogP contribution in [-0.4, -0.2) is 21.1 Å². The molecule has 2 rings (SSSR count). The SMILES string of the molecule is Fc1cc(Cl)cnc1NCCCn1ccnc1. The van der Waals surface area contributed by atoms with E-state index in [0.717, 1.165) is 13.0 Å². The van der Waals surface area contributed by atoms with Crippen LogP contribution in [0.15, 0.2) is 31.0 Å². The van der Waals surface area contributed by atoms with Gasteiger partial charge in [0.1, 0.15) is 0 Å². The number of halogens is 2. The Kier molecular flexibility index (Phi) is 3.93. The Balaban J connectivity index is 1.78. The van der Waals surface area contributed by atoms with Crippen molar-refractivity contribution in [3.8, 4) is 0 Å². The van der Waals surface area contributed by atoms with Gasteiger partial charge in [0.05, 0.1) is 11.3 Å². The highest BCUT2D eigenvalue weighted by molar-refractivity contribution is 6.30. The molecule has 0 bridgehead atoms. The lowest BCUT2D eigenvalue weighted by Gasteiger charge is -2.06. The maximum Gasteiger partial charge on any atom is 0.166 e. The molecule has 0 aliphatic carbocycles. The third-order valence-corrected chi connectivity index (χ3v) is 2.46. The molecule has 0 aliphatic rings. The van der Waals surface area contributed by atoms with Crippen molar-refractivity contribution in [2.24, 2.45) is 0 Å². The number of aromatic nitrogens is 3. The number of nitrogens with zero attached hydrogens (tertiary/aromatic N) is 3. The van der Waals surface area contributed by atoms with Crippen molar-refractivity contribution in [2.75, 3.05) is 11.9 Å². The van der Waals surface area contributed by atoms with Gasteiger partial charge in [-0.3, -0.25) is 0 Å². The van der Waals surface area contributed by atoms with Gasteiger partial charge < -0.3 is 9.88 Å². The zero-order valence-corrected chi connectivity index (χ0v) is 9.86. The normalized spacial score (nSPS) is 10.5. The Morgan fingerprint density at radius 2 is 2.35 bits per heavy atom. The average molecular weight is 255 g/mol. The predicted octanol–water partition coefficient (Wildman–Crippen LogP) is 2.57. The van der Waals surface area contributed by atoms with Crippen molar-refractivity contribution < 1.29 is 4.39 Å². The lowest BCUT2D eigenvalue weighted by atomic mass is 10.4. The first-order chi connectivity index (χ1) is 8.25. The number of hydrogen-bond donors (Lipinski definition) is 1. The van der Waals surface area contributed by atoms with Crippen LogP contribution in [0.25, 0.3) is 0 Å². The fourth-order valence-electron chi connectivity index (χ4n) is 1.43. The van der Waals surface area contributed by atoms with Crippen LogP contribution in [-0.2, 0) is 6.54 Å². The Labute approximate surface area is 103 Å². The number of hydrogen-bond acceptors (Lipinski definition) is 3. The van der Waals surface area contributed by atoms with E-state index in [1.54, 1.807) is 12.5 Å². The van der Waals surface area contributed by atoms with Gasteiger partial charge in [0.2, 0.25) is 0 Å². The summed E-state index contributed by atoms with van der Waals surface area (Å²) < 4.78 is 15.3. The van der Waals surface area contributed by atoms with Gasteiger partial charge in [0.25, 0.3) is 0 Å². The summed E-state index contributed by atoms with van der Waals surface area (Å²) in [4.78, 5) is 7.81. The van der Waals surface area contributed by atoms with Gasteiger partial charge in [-0.25, -0.2) is 14.4 Å². The lowest BCUT2D eigenvalue weighted by Crippen LogP contribution is -2.08. The van der Waals surface area contributed by atoms with E-state index in [4.69, 9.17) is 11.6 Å². The lowest BCUT2D eigenvalue weighted by molar-refractivity contribution is 0.619. The van der Waals surface area contributed by atoms with Gasteiger partial charge >= 0.3 is 0 Å². The maximum absolute atomic E-state index is 13.3. The van der Waals surface area contributed by atoms with Gasteiger partial charge in [-0.2, -0.15) is 0 Å². The molecule has 0 aromatic carbocycles. The zero-order valence-electron chi connectivity index (χ0n) is 9.11. The van der Waals surface area contributed by atoms with E-state index in [0.29, 0.717) is 11.6 Å². The largest absolute Gasteiger partial charge is 0.368 e. The first-order valence-electron chi connectivity index (χ1n) is 5.26. The van der Waals surface area contributed by atoms with Crippen LogP contribution in [0.1, 0.15) is 6.42 Å². The molecule has 0 spiro atoms. The molecule has 0 saturated carbocycles. The molecule has 2 heterocycles. The Morgan fingerprint density at radius 3 is 3.06 bits per heavy atom. The van der Waals surface area contributed by atoms with Gasteiger partial charge in [-0.1, -0.05) is 11.6 Å². The van der Waals surface area contributed by atoms with Crippen molar-refractivity contribution in [1.82, 2.24) is 14.5 Å². The first-order valence-corrected chi connectivity index (χ1v) is 5.64. The number of anilines is 1. The molecular weight excluding hydrogens is 243 g/mol. The van der Waals surface area contributed by atoms with Crippen LogP contribution in [0.4, 0.5) is 10.2 Å². The van der Waals surface area contributed by atoms with Gasteiger partial charge in [-0.05, 0) is 12.5 Å². The molecule has 0 aliphatic heterocycles. The summed E-state index contributed by atoms with van der Waals surface area (Å²) >= 11 is 5.61. The van der Waals surface area contributed by atoms with Crippen molar-refractivity contribution in [3.05, 3.63) is 41.8 Å². The monoisotopic (exact) mass is 254 g/mol. The second kappa shape index (κ2) is 5.63.